The van der Waals surface area contributed by atoms with Crippen LogP contribution in [0.25, 0.3) is 0 Å². The summed E-state index contributed by atoms with van der Waals surface area (Å²) in [7, 11) is 0. The predicted molar refractivity (Wildman–Crippen MR) is 109 cm³/mol. The van der Waals surface area contributed by atoms with Crippen molar-refractivity contribution in [2.75, 3.05) is 19.6 Å². The highest BCUT2D eigenvalue weighted by Crippen LogP contribution is 2.34. The zero-order chi connectivity index (χ0) is 21.8. The molecule has 1 heterocycles. The maximum absolute atomic E-state index is 13.9. The number of nitriles is 1. The number of hydrogen-bond donors (Lipinski definition) is 2. The van der Waals surface area contributed by atoms with E-state index in [2.05, 4.69) is 21.6 Å². The Hall–Kier alpha value is -2.04. The molecule has 160 valence electrons. The summed E-state index contributed by atoms with van der Waals surface area (Å²) in [5.74, 6) is -2.18. The van der Waals surface area contributed by atoms with Gasteiger partial charge in [-0.25, -0.2) is 8.78 Å². The summed E-state index contributed by atoms with van der Waals surface area (Å²) >= 11 is 0. The molecular formula is C22H32F2N4O. The first-order valence-electron chi connectivity index (χ1n) is 10.2. The lowest BCUT2D eigenvalue weighted by atomic mass is 9.86. The van der Waals surface area contributed by atoms with Gasteiger partial charge < -0.3 is 5.32 Å². The second kappa shape index (κ2) is 9.19. The third-order valence-corrected chi connectivity index (χ3v) is 6.16. The van der Waals surface area contributed by atoms with E-state index in [9.17, 15) is 18.8 Å². The van der Waals surface area contributed by atoms with Crippen molar-refractivity contribution in [2.24, 2.45) is 5.92 Å². The van der Waals surface area contributed by atoms with Crippen molar-refractivity contribution in [3.8, 4) is 6.07 Å². The summed E-state index contributed by atoms with van der Waals surface area (Å²) < 4.78 is 27.4. The van der Waals surface area contributed by atoms with Gasteiger partial charge in [-0.3, -0.25) is 15.0 Å². The molecule has 0 unspecified atom stereocenters. The van der Waals surface area contributed by atoms with Gasteiger partial charge in [-0.05, 0) is 70.3 Å². The summed E-state index contributed by atoms with van der Waals surface area (Å²) in [5.41, 5.74) is -0.807. The van der Waals surface area contributed by atoms with E-state index in [-0.39, 0.29) is 18.4 Å². The molecule has 5 nitrogen and oxygen atoms in total. The second-order valence-electron chi connectivity index (χ2n) is 8.85. The number of hydrogen-bond acceptors (Lipinski definition) is 4. The molecule has 0 spiro atoms. The van der Waals surface area contributed by atoms with Crippen LogP contribution in [-0.4, -0.2) is 41.5 Å². The Bertz CT molecular complexity index is 769. The molecule has 0 aromatic heterocycles. The van der Waals surface area contributed by atoms with Gasteiger partial charge in [0.25, 0.3) is 0 Å². The molecule has 1 amide bonds. The van der Waals surface area contributed by atoms with Crippen LogP contribution in [0.15, 0.2) is 18.2 Å². The zero-order valence-corrected chi connectivity index (χ0v) is 18.0. The molecule has 1 aromatic rings. The molecule has 2 atom stereocenters. The molecule has 0 aliphatic carbocycles. The van der Waals surface area contributed by atoms with Crippen LogP contribution in [0.1, 0.15) is 59.1 Å². The van der Waals surface area contributed by atoms with E-state index in [4.69, 9.17) is 0 Å². The number of nitrogens with zero attached hydrogens (tertiary/aromatic N) is 2. The van der Waals surface area contributed by atoms with Crippen molar-refractivity contribution >= 4 is 5.91 Å². The molecule has 1 aliphatic heterocycles. The molecule has 1 saturated heterocycles. The van der Waals surface area contributed by atoms with Gasteiger partial charge in [-0.1, -0.05) is 19.9 Å². The van der Waals surface area contributed by atoms with Crippen LogP contribution < -0.4 is 10.6 Å². The summed E-state index contributed by atoms with van der Waals surface area (Å²) in [6.07, 6.45) is 2.17. The Morgan fingerprint density at radius 3 is 2.34 bits per heavy atom. The minimum absolute atomic E-state index is 0.0368. The van der Waals surface area contributed by atoms with E-state index in [0.717, 1.165) is 32.0 Å². The van der Waals surface area contributed by atoms with E-state index in [1.807, 2.05) is 27.7 Å². The number of nitrogens with one attached hydrogen (secondary N) is 2. The van der Waals surface area contributed by atoms with Crippen LogP contribution in [0, 0.1) is 28.9 Å². The van der Waals surface area contributed by atoms with E-state index >= 15 is 0 Å². The standard InChI is InChI=1S/C22H32F2N4O/c1-15(2)22(5,14-25)27-19(29)13-26-20(16-8-9-17(23)18(24)12-16)21(3,4)28-10-6-7-11-28/h8-9,12,15,20,26H,6-7,10-11,13H2,1-5H3,(H,27,29)/t20-,22+/m0/s1. The van der Waals surface area contributed by atoms with E-state index < -0.39 is 28.8 Å². The number of halogens is 2. The fourth-order valence-corrected chi connectivity index (χ4v) is 3.77. The van der Waals surface area contributed by atoms with E-state index in [0.29, 0.717) is 5.56 Å². The number of rotatable bonds is 8. The molecule has 0 radical (unpaired) electrons. The summed E-state index contributed by atoms with van der Waals surface area (Å²) in [5, 5.41) is 15.4. The third kappa shape index (κ3) is 5.31. The number of carbonyl (C=O) groups is 1. The molecule has 1 aromatic carbocycles. The van der Waals surface area contributed by atoms with Gasteiger partial charge in [0.15, 0.2) is 11.6 Å². The first-order valence-corrected chi connectivity index (χ1v) is 10.2. The van der Waals surface area contributed by atoms with Crippen molar-refractivity contribution in [1.29, 1.82) is 5.26 Å². The van der Waals surface area contributed by atoms with Gasteiger partial charge in [-0.2, -0.15) is 5.26 Å². The average molecular weight is 407 g/mol. The normalized spacial score (nSPS) is 18.3. The quantitative estimate of drug-likeness (QED) is 0.693. The van der Waals surface area contributed by atoms with Crippen LogP contribution in [0.2, 0.25) is 0 Å². The Kier molecular flexibility index (Phi) is 7.36. The molecule has 1 fully saturated rings. The Balaban J connectivity index is 2.23. The maximum Gasteiger partial charge on any atom is 0.235 e. The van der Waals surface area contributed by atoms with Crippen LogP contribution >= 0.6 is 0 Å². The lowest BCUT2D eigenvalue weighted by Gasteiger charge is -2.43. The second-order valence-corrected chi connectivity index (χ2v) is 8.85. The molecule has 29 heavy (non-hydrogen) atoms. The zero-order valence-electron chi connectivity index (χ0n) is 18.0. The van der Waals surface area contributed by atoms with Crippen LogP contribution in [0.3, 0.4) is 0 Å². The van der Waals surface area contributed by atoms with Crippen molar-refractivity contribution in [3.63, 3.8) is 0 Å². The first kappa shape index (κ1) is 23.2. The fourth-order valence-electron chi connectivity index (χ4n) is 3.77. The Morgan fingerprint density at radius 1 is 1.21 bits per heavy atom. The smallest absolute Gasteiger partial charge is 0.235 e. The van der Waals surface area contributed by atoms with Gasteiger partial charge in [0.1, 0.15) is 5.54 Å². The molecule has 2 rings (SSSR count). The lowest BCUT2D eigenvalue weighted by Crippen LogP contribution is -2.55. The van der Waals surface area contributed by atoms with E-state index in [1.165, 1.54) is 6.07 Å². The SMILES string of the molecule is CC(C)[C@@](C)(C#N)NC(=O)CN[C@@H](c1ccc(F)c(F)c1)C(C)(C)N1CCCC1. The van der Waals surface area contributed by atoms with Crippen LogP contribution in [0.4, 0.5) is 8.78 Å². The highest BCUT2D eigenvalue weighted by atomic mass is 19.2. The van der Waals surface area contributed by atoms with Gasteiger partial charge in [0, 0.05) is 5.54 Å². The van der Waals surface area contributed by atoms with Crippen molar-refractivity contribution in [1.82, 2.24) is 15.5 Å². The first-order chi connectivity index (χ1) is 13.5. The van der Waals surface area contributed by atoms with Gasteiger partial charge in [-0.15, -0.1) is 0 Å². The summed E-state index contributed by atoms with van der Waals surface area (Å²) in [6, 6.07) is 5.62. The number of amides is 1. The molecule has 2 N–H and O–H groups in total. The van der Waals surface area contributed by atoms with Gasteiger partial charge in [0.05, 0.1) is 18.7 Å². The summed E-state index contributed by atoms with van der Waals surface area (Å²) in [6.45, 7) is 11.3. The molecule has 1 aliphatic rings. The predicted octanol–water partition coefficient (Wildman–Crippen LogP) is 3.52. The van der Waals surface area contributed by atoms with Gasteiger partial charge in [0.2, 0.25) is 5.91 Å². The average Bonchev–Trinajstić information content (AvgIpc) is 3.20. The summed E-state index contributed by atoms with van der Waals surface area (Å²) in [4.78, 5) is 14.9. The highest BCUT2D eigenvalue weighted by molar-refractivity contribution is 5.79. The van der Waals surface area contributed by atoms with E-state index in [1.54, 1.807) is 13.0 Å². The molecule has 7 heteroatoms. The number of likely N-dealkylation sites (tertiary alicyclic amines) is 1. The van der Waals surface area contributed by atoms with Crippen LogP contribution in [0.5, 0.6) is 0 Å². The van der Waals surface area contributed by atoms with Crippen LogP contribution in [-0.2, 0) is 4.79 Å². The number of carbonyl (C=O) groups excluding carboxylic acids is 1. The molecule has 0 bridgehead atoms. The topological polar surface area (TPSA) is 68.2 Å². The number of benzene rings is 1. The maximum atomic E-state index is 13.9. The monoisotopic (exact) mass is 406 g/mol. The minimum atomic E-state index is -0.972. The lowest BCUT2D eigenvalue weighted by molar-refractivity contribution is -0.122. The van der Waals surface area contributed by atoms with Crippen molar-refractivity contribution < 1.29 is 13.6 Å². The molecular weight excluding hydrogens is 374 g/mol. The van der Waals surface area contributed by atoms with Crippen molar-refractivity contribution in [2.45, 2.75) is 64.6 Å². The van der Waals surface area contributed by atoms with Crippen molar-refractivity contribution in [3.05, 3.63) is 35.4 Å². The Morgan fingerprint density at radius 2 is 1.83 bits per heavy atom. The Labute approximate surface area is 172 Å². The molecule has 0 saturated carbocycles. The fraction of sp³-hybridized carbons (Fsp3) is 0.636. The minimum Gasteiger partial charge on any atom is -0.337 e. The largest absolute Gasteiger partial charge is 0.337 e. The third-order valence-electron chi connectivity index (χ3n) is 6.16. The highest BCUT2D eigenvalue weighted by Gasteiger charge is 2.38. The van der Waals surface area contributed by atoms with Gasteiger partial charge >= 0.3 is 0 Å².